The van der Waals surface area contributed by atoms with Gasteiger partial charge in [0.25, 0.3) is 0 Å². The quantitative estimate of drug-likeness (QED) is 0.252. The van der Waals surface area contributed by atoms with Gasteiger partial charge < -0.3 is 20.1 Å². The molecule has 0 saturated heterocycles. The van der Waals surface area contributed by atoms with Crippen LogP contribution in [0.1, 0.15) is 22.4 Å². The van der Waals surface area contributed by atoms with Gasteiger partial charge in [-0.2, -0.15) is 0 Å². The van der Waals surface area contributed by atoms with E-state index < -0.39 is 0 Å². The van der Waals surface area contributed by atoms with Gasteiger partial charge in [0.2, 0.25) is 0 Å². The molecule has 1 aromatic carbocycles. The lowest BCUT2D eigenvalue weighted by atomic mass is 10.1. The molecule has 6 nitrogen and oxygen atoms in total. The van der Waals surface area contributed by atoms with Crippen LogP contribution in [0.15, 0.2) is 48.1 Å². The monoisotopic (exact) mass is 496 g/mol. The van der Waals surface area contributed by atoms with Crippen LogP contribution < -0.4 is 20.1 Å². The molecule has 28 heavy (non-hydrogen) atoms. The predicted octanol–water partition coefficient (Wildman–Crippen LogP) is 3.76. The third kappa shape index (κ3) is 6.40. The summed E-state index contributed by atoms with van der Waals surface area (Å²) in [4.78, 5) is 8.78. The Morgan fingerprint density at radius 3 is 2.61 bits per heavy atom. The van der Waals surface area contributed by atoms with Gasteiger partial charge in [-0.25, -0.2) is 0 Å². The highest BCUT2D eigenvalue weighted by molar-refractivity contribution is 14.0. The molecule has 2 N–H and O–H groups in total. The van der Waals surface area contributed by atoms with E-state index in [1.165, 1.54) is 0 Å². The van der Waals surface area contributed by atoms with Crippen molar-refractivity contribution in [3.05, 3.63) is 65.5 Å². The lowest BCUT2D eigenvalue weighted by Gasteiger charge is -2.16. The Balaban J connectivity index is 0.00000392. The fourth-order valence-corrected chi connectivity index (χ4v) is 2.76. The highest BCUT2D eigenvalue weighted by Gasteiger charge is 2.10. The molecule has 0 bridgehead atoms. The third-order valence-electron chi connectivity index (χ3n) is 4.17. The Morgan fingerprint density at radius 2 is 1.93 bits per heavy atom. The van der Waals surface area contributed by atoms with Crippen LogP contribution in [0.4, 0.5) is 0 Å². The first-order chi connectivity index (χ1) is 13.1. The molecule has 1 aromatic heterocycles. The van der Waals surface area contributed by atoms with Crippen LogP contribution in [0.2, 0.25) is 0 Å². The number of halogens is 1. The summed E-state index contributed by atoms with van der Waals surface area (Å²) in [5.41, 5.74) is 4.03. The summed E-state index contributed by atoms with van der Waals surface area (Å²) in [5.74, 6) is 2.40. The topological polar surface area (TPSA) is 67.8 Å². The second-order valence-corrected chi connectivity index (χ2v) is 6.03. The Hall–Kier alpha value is -2.29. The van der Waals surface area contributed by atoms with Gasteiger partial charge in [-0.05, 0) is 19.9 Å². The van der Waals surface area contributed by atoms with Crippen LogP contribution in [0.5, 0.6) is 11.5 Å². The largest absolute Gasteiger partial charge is 0.496 e. The molecule has 2 rings (SSSR count). The van der Waals surface area contributed by atoms with Crippen molar-refractivity contribution in [1.82, 2.24) is 15.6 Å². The summed E-state index contributed by atoms with van der Waals surface area (Å²) < 4.78 is 11.2. The number of hydrogen-bond acceptors (Lipinski definition) is 4. The predicted molar refractivity (Wildman–Crippen MR) is 125 cm³/mol. The fourth-order valence-electron chi connectivity index (χ4n) is 2.76. The van der Waals surface area contributed by atoms with Crippen molar-refractivity contribution < 1.29 is 9.47 Å². The average molecular weight is 496 g/mol. The number of aliphatic imine (C=N–C) groups is 1. The first-order valence-electron chi connectivity index (χ1n) is 8.85. The summed E-state index contributed by atoms with van der Waals surface area (Å²) in [6, 6.07) is 7.91. The molecule has 2 aromatic rings. The number of rotatable bonds is 8. The van der Waals surface area contributed by atoms with E-state index in [0.717, 1.165) is 33.9 Å². The number of hydrogen-bond donors (Lipinski definition) is 2. The first-order valence-corrected chi connectivity index (χ1v) is 8.85. The number of nitrogens with one attached hydrogen (secondary N) is 2. The molecule has 0 saturated carbocycles. The van der Waals surface area contributed by atoms with Gasteiger partial charge in [-0.3, -0.25) is 9.98 Å². The molecule has 0 aliphatic carbocycles. The smallest absolute Gasteiger partial charge is 0.191 e. The highest BCUT2D eigenvalue weighted by Crippen LogP contribution is 2.23. The number of guanidine groups is 1. The maximum atomic E-state index is 5.69. The number of benzene rings is 1. The normalized spacial score (nSPS) is 10.6. The molecule has 0 radical (unpaired) electrons. The molecule has 0 atom stereocenters. The summed E-state index contributed by atoms with van der Waals surface area (Å²) in [5, 5.41) is 6.60. The Morgan fingerprint density at radius 1 is 1.21 bits per heavy atom. The van der Waals surface area contributed by atoms with Gasteiger partial charge in [-0.15, -0.1) is 24.0 Å². The number of ether oxygens (including phenoxy) is 2. The summed E-state index contributed by atoms with van der Waals surface area (Å²) in [6.45, 7) is 9.31. The van der Waals surface area contributed by atoms with E-state index in [1.807, 2.05) is 44.3 Å². The molecule has 0 unspecified atom stereocenters. The van der Waals surface area contributed by atoms with Crippen molar-refractivity contribution in [1.29, 1.82) is 0 Å². The molecule has 0 fully saturated rings. The Bertz CT molecular complexity index is 809. The van der Waals surface area contributed by atoms with Gasteiger partial charge in [0, 0.05) is 36.5 Å². The standard InChI is InChI=1S/C21H28N4O2.HI/c1-6-11-27-19-10-8-7-9-17(19)13-24-21(22-4)25-14-18-16(3)20(26-5)15(2)12-23-18;/h6-10,12H,1,11,13-14H2,2-5H3,(H2,22,24,25);1H. The highest BCUT2D eigenvalue weighted by atomic mass is 127. The molecule has 0 aliphatic heterocycles. The molecular formula is C21H29IN4O2. The maximum absolute atomic E-state index is 5.69. The van der Waals surface area contributed by atoms with Crippen molar-refractivity contribution in [2.75, 3.05) is 20.8 Å². The van der Waals surface area contributed by atoms with Crippen LogP contribution in [0.3, 0.4) is 0 Å². The van der Waals surface area contributed by atoms with E-state index in [0.29, 0.717) is 25.7 Å². The van der Waals surface area contributed by atoms with Gasteiger partial charge in [0.15, 0.2) is 5.96 Å². The van der Waals surface area contributed by atoms with Gasteiger partial charge in [0.1, 0.15) is 18.1 Å². The number of pyridine rings is 1. The van der Waals surface area contributed by atoms with E-state index in [-0.39, 0.29) is 24.0 Å². The number of aryl methyl sites for hydroxylation is 1. The van der Waals surface area contributed by atoms with E-state index in [1.54, 1.807) is 20.2 Å². The summed E-state index contributed by atoms with van der Waals surface area (Å²) in [6.07, 6.45) is 3.56. The van der Waals surface area contributed by atoms with E-state index >= 15 is 0 Å². The molecule has 1 heterocycles. The van der Waals surface area contributed by atoms with E-state index in [9.17, 15) is 0 Å². The number of nitrogens with zero attached hydrogens (tertiary/aromatic N) is 2. The van der Waals surface area contributed by atoms with E-state index in [2.05, 4.69) is 27.2 Å². The third-order valence-corrected chi connectivity index (χ3v) is 4.17. The van der Waals surface area contributed by atoms with Gasteiger partial charge in [-0.1, -0.05) is 30.9 Å². The van der Waals surface area contributed by atoms with Crippen molar-refractivity contribution in [3.8, 4) is 11.5 Å². The summed E-state index contributed by atoms with van der Waals surface area (Å²) >= 11 is 0. The zero-order valence-electron chi connectivity index (χ0n) is 16.9. The minimum absolute atomic E-state index is 0. The van der Waals surface area contributed by atoms with Crippen LogP contribution >= 0.6 is 24.0 Å². The Kier molecular flexibility index (Phi) is 10.4. The van der Waals surface area contributed by atoms with Crippen LogP contribution in [0, 0.1) is 13.8 Å². The molecule has 0 aliphatic rings. The fraction of sp³-hybridized carbons (Fsp3) is 0.333. The minimum atomic E-state index is 0. The molecule has 152 valence electrons. The Labute approximate surface area is 184 Å². The molecular weight excluding hydrogens is 467 g/mol. The van der Waals surface area contributed by atoms with Gasteiger partial charge >= 0.3 is 0 Å². The average Bonchev–Trinajstić information content (AvgIpc) is 2.69. The second-order valence-electron chi connectivity index (χ2n) is 6.03. The zero-order chi connectivity index (χ0) is 19.6. The zero-order valence-corrected chi connectivity index (χ0v) is 19.2. The van der Waals surface area contributed by atoms with Crippen molar-refractivity contribution >= 4 is 29.9 Å². The second kappa shape index (κ2) is 12.2. The SMILES string of the molecule is C=CCOc1ccccc1CNC(=NC)NCc1ncc(C)c(OC)c1C.I. The van der Waals surface area contributed by atoms with Crippen molar-refractivity contribution in [3.63, 3.8) is 0 Å². The number of para-hydroxylation sites is 1. The first kappa shape index (κ1) is 23.7. The van der Waals surface area contributed by atoms with Crippen molar-refractivity contribution in [2.45, 2.75) is 26.9 Å². The van der Waals surface area contributed by atoms with E-state index in [4.69, 9.17) is 9.47 Å². The maximum Gasteiger partial charge on any atom is 0.191 e. The number of aromatic nitrogens is 1. The van der Waals surface area contributed by atoms with Crippen LogP contribution in [0.25, 0.3) is 0 Å². The van der Waals surface area contributed by atoms with Crippen molar-refractivity contribution in [2.24, 2.45) is 4.99 Å². The molecule has 0 amide bonds. The number of methoxy groups -OCH3 is 1. The summed E-state index contributed by atoms with van der Waals surface area (Å²) in [7, 11) is 3.42. The van der Waals surface area contributed by atoms with Gasteiger partial charge in [0.05, 0.1) is 19.3 Å². The van der Waals surface area contributed by atoms with Crippen LogP contribution in [-0.4, -0.2) is 31.7 Å². The molecule has 7 heteroatoms. The lowest BCUT2D eigenvalue weighted by Crippen LogP contribution is -2.36. The lowest BCUT2D eigenvalue weighted by molar-refractivity contribution is 0.358. The molecule has 0 spiro atoms. The van der Waals surface area contributed by atoms with Crippen LogP contribution in [-0.2, 0) is 13.1 Å². The minimum Gasteiger partial charge on any atom is -0.496 e.